The Morgan fingerprint density at radius 1 is 1.21 bits per heavy atom. The quantitative estimate of drug-likeness (QED) is 0.545. The van der Waals surface area contributed by atoms with Crippen molar-refractivity contribution in [3.05, 3.63) is 12.7 Å². The van der Waals surface area contributed by atoms with Gasteiger partial charge in [0.1, 0.15) is 0 Å². The van der Waals surface area contributed by atoms with Gasteiger partial charge in [-0.3, -0.25) is 0 Å². The molecular weight excluding hydrogens is 242 g/mol. The van der Waals surface area contributed by atoms with E-state index in [1.165, 1.54) is 0 Å². The molecule has 0 aliphatic carbocycles. The van der Waals surface area contributed by atoms with Crippen LogP contribution in [0.15, 0.2) is 12.7 Å². The van der Waals surface area contributed by atoms with Gasteiger partial charge in [0.05, 0.1) is 6.61 Å². The Labute approximate surface area is 114 Å². The Balaban J connectivity index is 2.92. The molecule has 0 fully saturated rings. The number of hydrogen-bond acceptors (Lipinski definition) is 6. The summed E-state index contributed by atoms with van der Waals surface area (Å²) in [5.41, 5.74) is 0. The molecule has 1 aromatic rings. The zero-order valence-corrected chi connectivity index (χ0v) is 12.0. The molecule has 6 nitrogen and oxygen atoms in total. The van der Waals surface area contributed by atoms with Crippen LogP contribution < -0.4 is 15.0 Å². The van der Waals surface area contributed by atoms with E-state index in [9.17, 15) is 0 Å². The van der Waals surface area contributed by atoms with Crippen molar-refractivity contribution >= 4 is 11.9 Å². The number of rotatable bonds is 9. The van der Waals surface area contributed by atoms with Gasteiger partial charge < -0.3 is 15.0 Å². The van der Waals surface area contributed by atoms with Crippen molar-refractivity contribution < 1.29 is 4.74 Å². The Bertz CT molecular complexity index is 393. The van der Waals surface area contributed by atoms with E-state index in [4.69, 9.17) is 4.74 Å². The normalized spacial score (nSPS) is 10.1. The molecule has 1 N–H and O–H groups in total. The zero-order valence-electron chi connectivity index (χ0n) is 12.0. The van der Waals surface area contributed by atoms with Crippen LogP contribution in [0.4, 0.5) is 11.9 Å². The smallest absolute Gasteiger partial charge is 0.323 e. The molecule has 0 spiro atoms. The maximum Gasteiger partial charge on any atom is 0.323 e. The first-order valence-electron chi connectivity index (χ1n) is 6.73. The second kappa shape index (κ2) is 8.29. The first-order valence-corrected chi connectivity index (χ1v) is 6.73. The van der Waals surface area contributed by atoms with Crippen LogP contribution >= 0.6 is 0 Å². The molecule has 19 heavy (non-hydrogen) atoms. The van der Waals surface area contributed by atoms with Crippen LogP contribution in [0.3, 0.4) is 0 Å². The van der Waals surface area contributed by atoms with Gasteiger partial charge in [-0.25, -0.2) is 0 Å². The van der Waals surface area contributed by atoms with Crippen molar-refractivity contribution in [2.45, 2.75) is 27.2 Å². The van der Waals surface area contributed by atoms with Crippen molar-refractivity contribution in [1.29, 1.82) is 0 Å². The van der Waals surface area contributed by atoms with E-state index < -0.39 is 0 Å². The minimum absolute atomic E-state index is 0.356. The van der Waals surface area contributed by atoms with Gasteiger partial charge in [-0.2, -0.15) is 15.0 Å². The molecule has 0 amide bonds. The minimum atomic E-state index is 0.356. The number of ether oxygens (including phenoxy) is 1. The van der Waals surface area contributed by atoms with Gasteiger partial charge in [-0.1, -0.05) is 6.08 Å². The predicted octanol–water partition coefficient (Wildman–Crippen LogP) is 2.10. The molecular formula is C13H23N5O. The summed E-state index contributed by atoms with van der Waals surface area (Å²) in [5.74, 6) is 1.19. The predicted molar refractivity (Wildman–Crippen MR) is 77.9 cm³/mol. The van der Waals surface area contributed by atoms with Crippen LogP contribution in [0.2, 0.25) is 0 Å². The van der Waals surface area contributed by atoms with Gasteiger partial charge in [-0.05, 0) is 27.2 Å². The molecule has 1 heterocycles. The summed E-state index contributed by atoms with van der Waals surface area (Å²) < 4.78 is 5.51. The summed E-state index contributed by atoms with van der Waals surface area (Å²) in [5, 5.41) is 3.09. The van der Waals surface area contributed by atoms with Crippen molar-refractivity contribution in [3.8, 4) is 6.01 Å². The largest absolute Gasteiger partial charge is 0.463 e. The fourth-order valence-corrected chi connectivity index (χ4v) is 1.53. The number of nitrogens with zero attached hydrogens (tertiary/aromatic N) is 4. The fraction of sp³-hybridized carbons (Fsp3) is 0.615. The van der Waals surface area contributed by atoms with Gasteiger partial charge in [0, 0.05) is 19.6 Å². The van der Waals surface area contributed by atoms with Crippen LogP contribution in [0.25, 0.3) is 0 Å². The summed E-state index contributed by atoms with van der Waals surface area (Å²) in [4.78, 5) is 15.0. The highest BCUT2D eigenvalue weighted by Crippen LogP contribution is 2.15. The second-order valence-electron chi connectivity index (χ2n) is 3.87. The number of aromatic nitrogens is 3. The summed E-state index contributed by atoms with van der Waals surface area (Å²) in [6.45, 7) is 12.8. The highest BCUT2D eigenvalue weighted by atomic mass is 16.5. The minimum Gasteiger partial charge on any atom is -0.463 e. The van der Waals surface area contributed by atoms with Crippen LogP contribution in [0, 0.1) is 0 Å². The Morgan fingerprint density at radius 2 is 1.95 bits per heavy atom. The lowest BCUT2D eigenvalue weighted by Crippen LogP contribution is -2.25. The van der Waals surface area contributed by atoms with Gasteiger partial charge in [0.15, 0.2) is 0 Å². The van der Waals surface area contributed by atoms with Gasteiger partial charge in [0.2, 0.25) is 11.9 Å². The summed E-state index contributed by atoms with van der Waals surface area (Å²) in [6.07, 6.45) is 2.57. The third-order valence-corrected chi connectivity index (χ3v) is 2.54. The Kier molecular flexibility index (Phi) is 6.63. The third kappa shape index (κ3) is 4.73. The maximum atomic E-state index is 5.51. The Hall–Kier alpha value is -1.85. The summed E-state index contributed by atoms with van der Waals surface area (Å²) in [7, 11) is 0. The molecule has 0 aliphatic rings. The Morgan fingerprint density at radius 3 is 2.53 bits per heavy atom. The molecule has 1 aromatic heterocycles. The lowest BCUT2D eigenvalue weighted by molar-refractivity contribution is 0.298. The van der Waals surface area contributed by atoms with Crippen molar-refractivity contribution in [3.63, 3.8) is 0 Å². The molecule has 0 atom stereocenters. The summed E-state index contributed by atoms with van der Waals surface area (Å²) >= 11 is 0. The van der Waals surface area contributed by atoms with Crippen LogP contribution in [-0.4, -0.2) is 41.2 Å². The topological polar surface area (TPSA) is 63.2 Å². The highest BCUT2D eigenvalue weighted by Gasteiger charge is 2.11. The molecule has 6 heteroatoms. The molecule has 0 saturated carbocycles. The number of nitrogens with one attached hydrogen (secondary N) is 1. The van der Waals surface area contributed by atoms with Gasteiger partial charge >= 0.3 is 6.01 Å². The highest BCUT2D eigenvalue weighted by molar-refractivity contribution is 5.38. The average molecular weight is 265 g/mol. The molecule has 0 bridgehead atoms. The molecule has 0 radical (unpaired) electrons. The maximum absolute atomic E-state index is 5.51. The average Bonchev–Trinajstić information content (AvgIpc) is 2.41. The van der Waals surface area contributed by atoms with E-state index in [1.807, 2.05) is 6.92 Å². The molecule has 106 valence electrons. The molecule has 1 rings (SSSR count). The van der Waals surface area contributed by atoms with Crippen LogP contribution in [0.1, 0.15) is 27.2 Å². The molecule has 0 unspecified atom stereocenters. The lowest BCUT2D eigenvalue weighted by atomic mass is 10.5. The van der Waals surface area contributed by atoms with E-state index in [1.54, 1.807) is 6.08 Å². The standard InChI is InChI=1S/C13H23N5O/c1-5-9-10-19-13-16-11(14-6-2)15-12(17-13)18(7-3)8-4/h5H,1,6-10H2,2-4H3,(H,14,15,16,17). The SMILES string of the molecule is C=CCCOc1nc(NCC)nc(N(CC)CC)n1. The van der Waals surface area contributed by atoms with Crippen molar-refractivity contribution in [1.82, 2.24) is 15.0 Å². The number of anilines is 2. The second-order valence-corrected chi connectivity index (χ2v) is 3.87. The van der Waals surface area contributed by atoms with E-state index in [0.717, 1.165) is 26.1 Å². The summed E-state index contributed by atoms with van der Waals surface area (Å²) in [6, 6.07) is 0.356. The first-order chi connectivity index (χ1) is 9.24. The van der Waals surface area contributed by atoms with E-state index >= 15 is 0 Å². The molecule has 0 saturated heterocycles. The van der Waals surface area contributed by atoms with Crippen molar-refractivity contribution in [2.75, 3.05) is 36.5 Å². The van der Waals surface area contributed by atoms with Crippen LogP contribution in [0.5, 0.6) is 6.01 Å². The molecule has 0 aromatic carbocycles. The van der Waals surface area contributed by atoms with Crippen molar-refractivity contribution in [2.24, 2.45) is 0 Å². The van der Waals surface area contributed by atoms with Crippen LogP contribution in [-0.2, 0) is 0 Å². The van der Waals surface area contributed by atoms with Gasteiger partial charge in [-0.15, -0.1) is 6.58 Å². The zero-order chi connectivity index (χ0) is 14.1. The number of hydrogen-bond donors (Lipinski definition) is 1. The molecule has 0 aliphatic heterocycles. The fourth-order valence-electron chi connectivity index (χ4n) is 1.53. The van der Waals surface area contributed by atoms with E-state index in [-0.39, 0.29) is 0 Å². The van der Waals surface area contributed by atoms with E-state index in [0.29, 0.717) is 24.5 Å². The van der Waals surface area contributed by atoms with E-state index in [2.05, 4.69) is 45.6 Å². The first kappa shape index (κ1) is 15.2. The van der Waals surface area contributed by atoms with Gasteiger partial charge in [0.25, 0.3) is 0 Å². The third-order valence-electron chi connectivity index (χ3n) is 2.54. The lowest BCUT2D eigenvalue weighted by Gasteiger charge is -2.19. The monoisotopic (exact) mass is 265 g/mol.